The van der Waals surface area contributed by atoms with Crippen molar-refractivity contribution in [2.24, 2.45) is 22.2 Å². The molecule has 0 aliphatic carbocycles. The smallest absolute Gasteiger partial charge is 0.191 e. The lowest BCUT2D eigenvalue weighted by Gasteiger charge is -2.11. The van der Waals surface area contributed by atoms with Crippen LogP contribution in [0.2, 0.25) is 0 Å². The summed E-state index contributed by atoms with van der Waals surface area (Å²) in [5, 5.41) is 1.05. The van der Waals surface area contributed by atoms with Crippen molar-refractivity contribution in [1.29, 1.82) is 0 Å². The highest BCUT2D eigenvalue weighted by Crippen LogP contribution is 2.26. The lowest BCUT2D eigenvalue weighted by Crippen LogP contribution is -2.23. The molecule has 24 heavy (non-hydrogen) atoms. The lowest BCUT2D eigenvalue weighted by atomic mass is 10.0. The third kappa shape index (κ3) is 3.05. The Bertz CT molecular complexity index is 938. The average molecular weight is 317 g/mol. The van der Waals surface area contributed by atoms with Crippen molar-refractivity contribution in [3.63, 3.8) is 0 Å². The zero-order valence-corrected chi connectivity index (χ0v) is 13.4. The van der Waals surface area contributed by atoms with Gasteiger partial charge in [0.1, 0.15) is 0 Å². The number of guanidine groups is 1. The molecule has 0 saturated carbocycles. The highest BCUT2D eigenvalue weighted by molar-refractivity contribution is 5.96. The molecule has 0 spiro atoms. The van der Waals surface area contributed by atoms with E-state index in [1.54, 1.807) is 6.20 Å². The molecule has 0 radical (unpaired) electrons. The summed E-state index contributed by atoms with van der Waals surface area (Å²) in [6, 6.07) is 17.5. The molecule has 0 saturated heterocycles. The van der Waals surface area contributed by atoms with Crippen molar-refractivity contribution >= 4 is 28.3 Å². The van der Waals surface area contributed by atoms with Crippen molar-refractivity contribution in [1.82, 2.24) is 4.98 Å². The van der Waals surface area contributed by atoms with Gasteiger partial charge in [-0.2, -0.15) is 0 Å². The van der Waals surface area contributed by atoms with E-state index in [2.05, 4.69) is 9.98 Å². The van der Waals surface area contributed by atoms with Gasteiger partial charge in [0.2, 0.25) is 0 Å². The van der Waals surface area contributed by atoms with Crippen LogP contribution in [-0.2, 0) is 0 Å². The maximum atomic E-state index is 6.40. The van der Waals surface area contributed by atoms with E-state index in [1.807, 2.05) is 61.5 Å². The number of aromatic nitrogens is 1. The molecule has 0 bridgehead atoms. The molecule has 0 aliphatic heterocycles. The second-order valence-corrected chi connectivity index (χ2v) is 5.52. The van der Waals surface area contributed by atoms with Crippen LogP contribution in [0.25, 0.3) is 22.3 Å². The van der Waals surface area contributed by atoms with Crippen LogP contribution < -0.4 is 17.2 Å². The topological polar surface area (TPSA) is 103 Å². The third-order valence-electron chi connectivity index (χ3n) is 3.81. The standard InChI is InChI=1S/C19H19N5/c1-12-9-10-23-16-8-7-14(11-15(12)16)17(20)18(24-19(21)22)13-5-3-2-4-6-13/h2-11H,20H2,1H3,(H4,21,22,24)/b18-17-. The summed E-state index contributed by atoms with van der Waals surface area (Å²) in [5.41, 5.74) is 22.4. The SMILES string of the molecule is Cc1ccnc2ccc(/C(N)=C(/N=C(N)N)c3ccccc3)cc12. The normalized spacial score (nSPS) is 11.9. The number of hydrogen-bond donors (Lipinski definition) is 3. The van der Waals surface area contributed by atoms with Crippen LogP contribution in [0.3, 0.4) is 0 Å². The summed E-state index contributed by atoms with van der Waals surface area (Å²) in [5.74, 6) is -0.0320. The molecule has 0 atom stereocenters. The molecule has 2 aromatic carbocycles. The van der Waals surface area contributed by atoms with Crippen LogP contribution >= 0.6 is 0 Å². The van der Waals surface area contributed by atoms with Gasteiger partial charge in [-0.15, -0.1) is 0 Å². The minimum Gasteiger partial charge on any atom is -0.396 e. The number of rotatable bonds is 3. The second-order valence-electron chi connectivity index (χ2n) is 5.52. The average Bonchev–Trinajstić information content (AvgIpc) is 2.60. The van der Waals surface area contributed by atoms with Crippen LogP contribution in [-0.4, -0.2) is 10.9 Å². The fraction of sp³-hybridized carbons (Fsp3) is 0.0526. The number of aryl methyl sites for hydroxylation is 1. The van der Waals surface area contributed by atoms with E-state index in [-0.39, 0.29) is 5.96 Å². The number of hydrogen-bond acceptors (Lipinski definition) is 3. The number of pyridine rings is 1. The van der Waals surface area contributed by atoms with Crippen LogP contribution in [0.15, 0.2) is 65.8 Å². The van der Waals surface area contributed by atoms with Gasteiger partial charge < -0.3 is 17.2 Å². The van der Waals surface area contributed by atoms with Crippen molar-refractivity contribution in [2.75, 3.05) is 0 Å². The molecule has 3 rings (SSSR count). The highest BCUT2D eigenvalue weighted by Gasteiger charge is 2.10. The predicted molar refractivity (Wildman–Crippen MR) is 99.7 cm³/mol. The first-order valence-electron chi connectivity index (χ1n) is 7.57. The summed E-state index contributed by atoms with van der Waals surface area (Å²) in [4.78, 5) is 8.61. The fourth-order valence-electron chi connectivity index (χ4n) is 2.59. The van der Waals surface area contributed by atoms with Crippen molar-refractivity contribution in [3.8, 4) is 0 Å². The Kier molecular flexibility index (Phi) is 4.16. The predicted octanol–water partition coefficient (Wildman–Crippen LogP) is 2.60. The molecule has 6 N–H and O–H groups in total. The molecular weight excluding hydrogens is 298 g/mol. The summed E-state index contributed by atoms with van der Waals surface area (Å²) in [6.07, 6.45) is 1.80. The van der Waals surface area contributed by atoms with Crippen LogP contribution in [0.1, 0.15) is 16.7 Å². The van der Waals surface area contributed by atoms with E-state index in [1.165, 1.54) is 0 Å². The Balaban J connectivity index is 2.22. The maximum absolute atomic E-state index is 6.40. The fourth-order valence-corrected chi connectivity index (χ4v) is 2.59. The quantitative estimate of drug-likeness (QED) is 0.392. The van der Waals surface area contributed by atoms with E-state index in [4.69, 9.17) is 17.2 Å². The minimum atomic E-state index is -0.0320. The van der Waals surface area contributed by atoms with Crippen molar-refractivity contribution in [2.45, 2.75) is 6.92 Å². The van der Waals surface area contributed by atoms with Crippen molar-refractivity contribution < 1.29 is 0 Å². The molecule has 0 amide bonds. The first kappa shape index (κ1) is 15.6. The lowest BCUT2D eigenvalue weighted by molar-refractivity contribution is 1.36. The van der Waals surface area contributed by atoms with E-state index in [0.717, 1.165) is 27.6 Å². The summed E-state index contributed by atoms with van der Waals surface area (Å²) < 4.78 is 0. The Labute approximate surface area is 140 Å². The molecule has 120 valence electrons. The van der Waals surface area contributed by atoms with Gasteiger partial charge in [0.05, 0.1) is 16.9 Å². The molecule has 1 aromatic heterocycles. The van der Waals surface area contributed by atoms with E-state index < -0.39 is 0 Å². The summed E-state index contributed by atoms with van der Waals surface area (Å²) in [7, 11) is 0. The first-order valence-corrected chi connectivity index (χ1v) is 7.57. The maximum Gasteiger partial charge on any atom is 0.191 e. The van der Waals surface area contributed by atoms with Crippen LogP contribution in [0, 0.1) is 6.92 Å². The highest BCUT2D eigenvalue weighted by atomic mass is 15.0. The van der Waals surface area contributed by atoms with Gasteiger partial charge in [-0.3, -0.25) is 4.98 Å². The first-order chi connectivity index (χ1) is 11.6. The number of aliphatic imine (C=N–C) groups is 1. The van der Waals surface area contributed by atoms with Gasteiger partial charge >= 0.3 is 0 Å². The van der Waals surface area contributed by atoms with E-state index in [0.29, 0.717) is 11.4 Å². The number of nitrogens with zero attached hydrogens (tertiary/aromatic N) is 2. The monoisotopic (exact) mass is 317 g/mol. The van der Waals surface area contributed by atoms with Gasteiger partial charge in [0.25, 0.3) is 0 Å². The minimum absolute atomic E-state index is 0.0320. The Hall–Kier alpha value is -3.34. The largest absolute Gasteiger partial charge is 0.396 e. The second kappa shape index (κ2) is 6.42. The molecule has 1 heterocycles. The Morgan fingerprint density at radius 1 is 0.917 bits per heavy atom. The Morgan fingerprint density at radius 3 is 2.38 bits per heavy atom. The van der Waals surface area contributed by atoms with E-state index in [9.17, 15) is 0 Å². The van der Waals surface area contributed by atoms with E-state index >= 15 is 0 Å². The number of benzene rings is 2. The summed E-state index contributed by atoms with van der Waals surface area (Å²) in [6.45, 7) is 2.04. The van der Waals surface area contributed by atoms with Crippen LogP contribution in [0.5, 0.6) is 0 Å². The molecule has 5 heteroatoms. The van der Waals surface area contributed by atoms with Gasteiger partial charge in [-0.1, -0.05) is 36.4 Å². The van der Waals surface area contributed by atoms with Gasteiger partial charge in [-0.05, 0) is 30.7 Å². The molecular formula is C19H19N5. The van der Waals surface area contributed by atoms with Crippen molar-refractivity contribution in [3.05, 3.63) is 77.5 Å². The molecule has 0 fully saturated rings. The Morgan fingerprint density at radius 2 is 1.67 bits per heavy atom. The third-order valence-corrected chi connectivity index (χ3v) is 3.81. The zero-order chi connectivity index (χ0) is 17.1. The molecule has 0 unspecified atom stereocenters. The zero-order valence-electron chi connectivity index (χ0n) is 13.4. The van der Waals surface area contributed by atoms with Crippen LogP contribution in [0.4, 0.5) is 0 Å². The summed E-state index contributed by atoms with van der Waals surface area (Å²) >= 11 is 0. The molecule has 0 aliphatic rings. The molecule has 3 aromatic rings. The van der Waals surface area contributed by atoms with Gasteiger partial charge in [0.15, 0.2) is 5.96 Å². The number of nitrogens with two attached hydrogens (primary N) is 3. The van der Waals surface area contributed by atoms with Gasteiger partial charge in [-0.25, -0.2) is 4.99 Å². The number of fused-ring (bicyclic) bond motifs is 1. The van der Waals surface area contributed by atoms with Gasteiger partial charge in [0, 0.05) is 22.7 Å². The molecule has 5 nitrogen and oxygen atoms in total.